The van der Waals surface area contributed by atoms with Crippen molar-refractivity contribution < 1.29 is 14.7 Å². The Kier molecular flexibility index (Phi) is 3.85. The number of benzene rings is 1. The Morgan fingerprint density at radius 1 is 1.65 bits per heavy atom. The van der Waals surface area contributed by atoms with Gasteiger partial charge in [0.25, 0.3) is 5.91 Å². The van der Waals surface area contributed by atoms with Crippen LogP contribution < -0.4 is 10.2 Å². The third-order valence-electron chi connectivity index (χ3n) is 3.08. The molecule has 1 aromatic rings. The van der Waals surface area contributed by atoms with Crippen LogP contribution in [0.25, 0.3) is 0 Å². The molecule has 1 unspecified atom stereocenters. The van der Waals surface area contributed by atoms with Crippen LogP contribution in [0.2, 0.25) is 5.02 Å². The maximum atomic E-state index is 12.1. The monoisotopic (exact) mass is 295 g/mol. The topological polar surface area (TPSA) is 72.9 Å². The van der Waals surface area contributed by atoms with Gasteiger partial charge in [0.1, 0.15) is 0 Å². The minimum absolute atomic E-state index is 0.325. The summed E-state index contributed by atoms with van der Waals surface area (Å²) in [5, 5.41) is 12.1. The van der Waals surface area contributed by atoms with Gasteiger partial charge in [-0.1, -0.05) is 23.7 Å². The van der Waals surface area contributed by atoms with Gasteiger partial charge in [0.15, 0.2) is 6.29 Å². The van der Waals surface area contributed by atoms with Gasteiger partial charge in [-0.15, -0.1) is 6.58 Å². The molecule has 7 heteroatoms. The third-order valence-corrected chi connectivity index (χ3v) is 3.39. The summed E-state index contributed by atoms with van der Waals surface area (Å²) in [5.41, 5.74) is 0.922. The Morgan fingerprint density at radius 3 is 2.95 bits per heavy atom. The van der Waals surface area contributed by atoms with Gasteiger partial charge < -0.3 is 15.3 Å². The van der Waals surface area contributed by atoms with Crippen molar-refractivity contribution in [3.63, 3.8) is 0 Å². The summed E-state index contributed by atoms with van der Waals surface area (Å²) in [6, 6.07) is 5.06. The number of hydrogen-bond acceptors (Lipinski definition) is 3. The van der Waals surface area contributed by atoms with E-state index in [0.29, 0.717) is 22.8 Å². The average molecular weight is 296 g/mol. The van der Waals surface area contributed by atoms with E-state index in [4.69, 9.17) is 16.7 Å². The fourth-order valence-corrected chi connectivity index (χ4v) is 2.38. The van der Waals surface area contributed by atoms with E-state index in [9.17, 15) is 9.59 Å². The van der Waals surface area contributed by atoms with E-state index >= 15 is 0 Å². The largest absolute Gasteiger partial charge is 0.465 e. The van der Waals surface area contributed by atoms with E-state index in [-0.39, 0.29) is 0 Å². The lowest BCUT2D eigenvalue weighted by Gasteiger charge is -2.41. The molecule has 20 heavy (non-hydrogen) atoms. The molecule has 1 aromatic carbocycles. The molecule has 6 nitrogen and oxygen atoms in total. The van der Waals surface area contributed by atoms with Gasteiger partial charge in [-0.2, -0.15) is 0 Å². The number of nitrogens with zero attached hydrogens (tertiary/aromatic N) is 2. The van der Waals surface area contributed by atoms with Crippen LogP contribution in [0.4, 0.5) is 10.5 Å². The van der Waals surface area contributed by atoms with Crippen LogP contribution in [0.5, 0.6) is 0 Å². The van der Waals surface area contributed by atoms with E-state index in [2.05, 4.69) is 11.9 Å². The van der Waals surface area contributed by atoms with Crippen LogP contribution in [0, 0.1) is 0 Å². The molecule has 1 aliphatic rings. The summed E-state index contributed by atoms with van der Waals surface area (Å²) in [6.45, 7) is 4.03. The highest BCUT2D eigenvalue weighted by atomic mass is 35.5. The molecule has 0 fully saturated rings. The molecular formula is C13H14ClN3O3. The number of fused-ring (bicyclic) bond motifs is 1. The molecule has 1 atom stereocenters. The van der Waals surface area contributed by atoms with E-state index in [1.165, 1.54) is 7.05 Å². The minimum atomic E-state index is -1.14. The van der Waals surface area contributed by atoms with Gasteiger partial charge in [0.05, 0.1) is 16.3 Å². The van der Waals surface area contributed by atoms with Crippen LogP contribution in [-0.4, -0.2) is 41.9 Å². The van der Waals surface area contributed by atoms with Gasteiger partial charge in [-0.3, -0.25) is 9.69 Å². The number of rotatable bonds is 3. The highest BCUT2D eigenvalue weighted by Crippen LogP contribution is 2.32. The van der Waals surface area contributed by atoms with Crippen LogP contribution in [-0.2, 0) is 0 Å². The molecule has 0 bridgehead atoms. The quantitative estimate of drug-likeness (QED) is 0.836. The lowest BCUT2D eigenvalue weighted by molar-refractivity contribution is 0.0840. The highest BCUT2D eigenvalue weighted by Gasteiger charge is 2.35. The van der Waals surface area contributed by atoms with Crippen molar-refractivity contribution in [1.82, 2.24) is 10.2 Å². The first kappa shape index (κ1) is 14.2. The van der Waals surface area contributed by atoms with Crippen molar-refractivity contribution in [3.05, 3.63) is 41.4 Å². The fraction of sp³-hybridized carbons (Fsp3) is 0.231. The normalized spacial score (nSPS) is 17.2. The number of amides is 2. The van der Waals surface area contributed by atoms with Gasteiger partial charge >= 0.3 is 6.09 Å². The predicted molar refractivity (Wildman–Crippen MR) is 76.0 cm³/mol. The molecule has 106 valence electrons. The van der Waals surface area contributed by atoms with Gasteiger partial charge in [-0.25, -0.2) is 4.79 Å². The molecule has 0 aromatic heterocycles. The molecule has 0 saturated carbocycles. The molecule has 2 rings (SSSR count). The van der Waals surface area contributed by atoms with Crippen molar-refractivity contribution in [3.8, 4) is 0 Å². The Morgan fingerprint density at radius 2 is 2.35 bits per heavy atom. The highest BCUT2D eigenvalue weighted by molar-refractivity contribution is 6.34. The molecule has 0 saturated heterocycles. The van der Waals surface area contributed by atoms with Crippen molar-refractivity contribution in [2.24, 2.45) is 0 Å². The molecule has 1 heterocycles. The number of anilines is 1. The molecule has 0 radical (unpaired) electrons. The second kappa shape index (κ2) is 5.42. The zero-order valence-corrected chi connectivity index (χ0v) is 11.6. The third kappa shape index (κ3) is 2.30. The van der Waals surface area contributed by atoms with Gasteiger partial charge in [0.2, 0.25) is 0 Å². The predicted octanol–water partition coefficient (Wildman–Crippen LogP) is 1.97. The fourth-order valence-electron chi connectivity index (χ4n) is 2.12. The maximum Gasteiger partial charge on any atom is 0.410 e. The molecular weight excluding hydrogens is 282 g/mol. The standard InChI is InChI=1S/C13H14ClN3O3/c1-3-7-17-9-6-4-5-8(14)10(9)11(18)15-12(17)16(2)13(19)20/h3-6,12H,1,7H2,2H3,(H,15,18)(H,19,20). The van der Waals surface area contributed by atoms with E-state index in [0.717, 1.165) is 4.90 Å². The molecule has 1 aliphatic heterocycles. The van der Waals surface area contributed by atoms with Crippen LogP contribution in [0.3, 0.4) is 0 Å². The molecule has 2 amide bonds. The Labute approximate surface area is 121 Å². The summed E-state index contributed by atoms with van der Waals surface area (Å²) in [7, 11) is 1.39. The first-order valence-electron chi connectivity index (χ1n) is 5.90. The summed E-state index contributed by atoms with van der Waals surface area (Å²) >= 11 is 6.05. The lowest BCUT2D eigenvalue weighted by atomic mass is 10.1. The smallest absolute Gasteiger partial charge is 0.410 e. The number of carbonyl (C=O) groups is 2. The van der Waals surface area contributed by atoms with Gasteiger partial charge in [0, 0.05) is 13.6 Å². The maximum absolute atomic E-state index is 12.1. The summed E-state index contributed by atoms with van der Waals surface area (Å²) in [4.78, 5) is 26.0. The second-order valence-electron chi connectivity index (χ2n) is 4.32. The number of hydrogen-bond donors (Lipinski definition) is 2. The lowest BCUT2D eigenvalue weighted by Crippen LogP contribution is -2.61. The SMILES string of the molecule is C=CCN1c2cccc(Cl)c2C(=O)NC1N(C)C(=O)O. The summed E-state index contributed by atoms with van der Waals surface area (Å²) < 4.78 is 0. The number of halogens is 1. The van der Waals surface area contributed by atoms with Crippen LogP contribution in [0.1, 0.15) is 10.4 Å². The van der Waals surface area contributed by atoms with Crippen molar-refractivity contribution >= 4 is 29.3 Å². The molecule has 0 aliphatic carbocycles. The van der Waals surface area contributed by atoms with Crippen LogP contribution >= 0.6 is 11.6 Å². The minimum Gasteiger partial charge on any atom is -0.465 e. The molecule has 2 N–H and O–H groups in total. The molecule has 0 spiro atoms. The second-order valence-corrected chi connectivity index (χ2v) is 4.72. The number of carboxylic acid groups (broad SMARTS) is 1. The van der Waals surface area contributed by atoms with Crippen molar-refractivity contribution in [2.45, 2.75) is 6.29 Å². The Bertz CT molecular complexity index is 576. The zero-order chi connectivity index (χ0) is 14.9. The van der Waals surface area contributed by atoms with E-state index < -0.39 is 18.3 Å². The first-order valence-corrected chi connectivity index (χ1v) is 6.28. The van der Waals surface area contributed by atoms with E-state index in [1.54, 1.807) is 29.2 Å². The Hall–Kier alpha value is -2.21. The first-order chi connectivity index (χ1) is 9.47. The number of carbonyl (C=O) groups excluding carboxylic acids is 1. The summed E-state index contributed by atoms with van der Waals surface area (Å²) in [5.74, 6) is -0.399. The van der Waals surface area contributed by atoms with Crippen molar-refractivity contribution in [1.29, 1.82) is 0 Å². The van der Waals surface area contributed by atoms with Gasteiger partial charge in [-0.05, 0) is 12.1 Å². The average Bonchev–Trinajstić information content (AvgIpc) is 2.40. The van der Waals surface area contributed by atoms with Crippen LogP contribution in [0.15, 0.2) is 30.9 Å². The van der Waals surface area contributed by atoms with Crippen molar-refractivity contribution in [2.75, 3.05) is 18.5 Å². The Balaban J connectivity index is 2.52. The summed E-state index contributed by atoms with van der Waals surface area (Å²) in [6.07, 6.45) is -0.316. The zero-order valence-electron chi connectivity index (χ0n) is 10.8. The number of nitrogens with one attached hydrogen (secondary N) is 1. The van der Waals surface area contributed by atoms with E-state index in [1.807, 2.05) is 0 Å².